The second kappa shape index (κ2) is 6.49. The second-order valence-electron chi connectivity index (χ2n) is 4.61. The lowest BCUT2D eigenvalue weighted by Gasteiger charge is -2.07. The summed E-state index contributed by atoms with van der Waals surface area (Å²) in [6, 6.07) is 10.5. The number of aromatic nitrogens is 2. The molecule has 0 N–H and O–H groups in total. The summed E-state index contributed by atoms with van der Waals surface area (Å²) in [7, 11) is 0. The van der Waals surface area contributed by atoms with E-state index in [1.165, 1.54) is 17.4 Å². The molecule has 3 aromatic rings. The molecule has 0 fully saturated rings. The van der Waals surface area contributed by atoms with Crippen LogP contribution in [0.3, 0.4) is 0 Å². The molecule has 5 heteroatoms. The van der Waals surface area contributed by atoms with Crippen LogP contribution in [0, 0.1) is 5.82 Å². The number of hydrogen-bond donors (Lipinski definition) is 0. The molecule has 2 heterocycles. The standard InChI is InChI=1S/C17H14FN3S/c1-2-10-21-16(14-7-3-4-8-15(14)18)12-22-17(21)20-13-6-5-9-19-11-13/h2-9,11-12H,1,10H2. The van der Waals surface area contributed by atoms with E-state index >= 15 is 0 Å². The minimum absolute atomic E-state index is 0.244. The van der Waals surface area contributed by atoms with Gasteiger partial charge in [-0.25, -0.2) is 9.38 Å². The van der Waals surface area contributed by atoms with Crippen LogP contribution in [0.4, 0.5) is 10.1 Å². The van der Waals surface area contributed by atoms with Crippen LogP contribution in [-0.2, 0) is 6.54 Å². The van der Waals surface area contributed by atoms with Crippen molar-refractivity contribution in [2.75, 3.05) is 0 Å². The van der Waals surface area contributed by atoms with Crippen molar-refractivity contribution in [3.63, 3.8) is 0 Å². The molecule has 0 saturated heterocycles. The van der Waals surface area contributed by atoms with Gasteiger partial charge in [0.25, 0.3) is 0 Å². The van der Waals surface area contributed by atoms with Gasteiger partial charge in [-0.2, -0.15) is 0 Å². The van der Waals surface area contributed by atoms with Crippen LogP contribution in [0.5, 0.6) is 0 Å². The second-order valence-corrected chi connectivity index (χ2v) is 5.44. The number of halogens is 1. The lowest BCUT2D eigenvalue weighted by Crippen LogP contribution is -2.15. The Kier molecular flexibility index (Phi) is 4.25. The van der Waals surface area contributed by atoms with Crippen LogP contribution in [-0.4, -0.2) is 9.55 Å². The van der Waals surface area contributed by atoms with Gasteiger partial charge in [0.1, 0.15) is 5.82 Å². The van der Waals surface area contributed by atoms with E-state index in [2.05, 4.69) is 16.6 Å². The van der Waals surface area contributed by atoms with E-state index in [4.69, 9.17) is 0 Å². The van der Waals surface area contributed by atoms with Gasteiger partial charge < -0.3 is 4.57 Å². The number of allylic oxidation sites excluding steroid dienone is 1. The van der Waals surface area contributed by atoms with E-state index in [0.717, 1.165) is 16.2 Å². The number of nitrogens with zero attached hydrogens (tertiary/aromatic N) is 3. The van der Waals surface area contributed by atoms with Crippen LogP contribution in [0.2, 0.25) is 0 Å². The quantitative estimate of drug-likeness (QED) is 0.665. The first-order valence-corrected chi connectivity index (χ1v) is 7.66. The molecule has 3 nitrogen and oxygen atoms in total. The van der Waals surface area contributed by atoms with Gasteiger partial charge in [0.05, 0.1) is 17.6 Å². The first-order valence-electron chi connectivity index (χ1n) is 6.78. The zero-order chi connectivity index (χ0) is 15.4. The Labute approximate surface area is 131 Å². The fraction of sp³-hybridized carbons (Fsp3) is 0.0588. The highest BCUT2D eigenvalue weighted by atomic mass is 32.1. The lowest BCUT2D eigenvalue weighted by molar-refractivity contribution is 0.628. The molecular formula is C17H14FN3S. The van der Waals surface area contributed by atoms with Crippen LogP contribution in [0.25, 0.3) is 11.3 Å². The van der Waals surface area contributed by atoms with Gasteiger partial charge in [-0.1, -0.05) is 18.2 Å². The summed E-state index contributed by atoms with van der Waals surface area (Å²) in [6.07, 6.45) is 5.18. The number of thiazole rings is 1. The molecule has 0 atom stereocenters. The molecule has 0 aliphatic carbocycles. The van der Waals surface area contributed by atoms with E-state index in [1.54, 1.807) is 30.6 Å². The molecule has 2 aromatic heterocycles. The average molecular weight is 311 g/mol. The summed E-state index contributed by atoms with van der Waals surface area (Å²) in [5, 5.41) is 1.91. The summed E-state index contributed by atoms with van der Waals surface area (Å²) in [4.78, 5) is 9.42. The first kappa shape index (κ1) is 14.4. The summed E-state index contributed by atoms with van der Waals surface area (Å²) >= 11 is 1.47. The van der Waals surface area contributed by atoms with Crippen LogP contribution in [0.1, 0.15) is 0 Å². The van der Waals surface area contributed by atoms with Gasteiger partial charge in [-0.05, 0) is 24.3 Å². The SMILES string of the molecule is C=CCn1c(-c2ccccc2F)csc1=Nc1cccnc1. The maximum atomic E-state index is 14.1. The Morgan fingerprint density at radius 2 is 2.14 bits per heavy atom. The van der Waals surface area contributed by atoms with Crippen molar-refractivity contribution in [2.24, 2.45) is 4.99 Å². The third kappa shape index (κ3) is 2.89. The number of pyridine rings is 1. The number of rotatable bonds is 4. The van der Waals surface area contributed by atoms with Gasteiger partial charge in [-0.3, -0.25) is 4.98 Å². The van der Waals surface area contributed by atoms with Gasteiger partial charge >= 0.3 is 0 Å². The number of hydrogen-bond acceptors (Lipinski definition) is 3. The lowest BCUT2D eigenvalue weighted by atomic mass is 10.1. The third-order valence-corrected chi connectivity index (χ3v) is 3.99. The fourth-order valence-electron chi connectivity index (χ4n) is 2.14. The Morgan fingerprint density at radius 1 is 1.27 bits per heavy atom. The average Bonchev–Trinajstić information content (AvgIpc) is 2.92. The highest BCUT2D eigenvalue weighted by molar-refractivity contribution is 7.07. The monoisotopic (exact) mass is 311 g/mol. The fourth-order valence-corrected chi connectivity index (χ4v) is 3.07. The van der Waals surface area contributed by atoms with Gasteiger partial charge in [0.15, 0.2) is 4.80 Å². The van der Waals surface area contributed by atoms with Crippen molar-refractivity contribution >= 4 is 17.0 Å². The highest BCUT2D eigenvalue weighted by Gasteiger charge is 2.10. The summed E-state index contributed by atoms with van der Waals surface area (Å²) < 4.78 is 16.0. The molecule has 0 saturated carbocycles. The Bertz CT molecular complexity index is 850. The van der Waals surface area contributed by atoms with Crippen LogP contribution in [0.15, 0.2) is 71.8 Å². The Balaban J connectivity index is 2.16. The highest BCUT2D eigenvalue weighted by Crippen LogP contribution is 2.23. The molecule has 3 rings (SSSR count). The van der Waals surface area contributed by atoms with Crippen molar-refractivity contribution in [1.82, 2.24) is 9.55 Å². The van der Waals surface area contributed by atoms with Crippen molar-refractivity contribution in [3.8, 4) is 11.3 Å². The Morgan fingerprint density at radius 3 is 2.86 bits per heavy atom. The molecule has 0 aliphatic rings. The zero-order valence-electron chi connectivity index (χ0n) is 11.8. The molecule has 0 bridgehead atoms. The van der Waals surface area contributed by atoms with Crippen molar-refractivity contribution in [3.05, 3.63) is 77.4 Å². The molecule has 0 amide bonds. The van der Waals surface area contributed by atoms with Gasteiger partial charge in [0.2, 0.25) is 0 Å². The Hall–Kier alpha value is -2.53. The van der Waals surface area contributed by atoms with Crippen LogP contribution < -0.4 is 4.80 Å². The molecule has 0 unspecified atom stereocenters. The summed E-state index contributed by atoms with van der Waals surface area (Å²) in [6.45, 7) is 4.34. The van der Waals surface area contributed by atoms with E-state index in [9.17, 15) is 4.39 Å². The minimum atomic E-state index is -0.244. The minimum Gasteiger partial charge on any atom is -0.313 e. The molecular weight excluding hydrogens is 297 g/mol. The topological polar surface area (TPSA) is 30.2 Å². The predicted molar refractivity (Wildman–Crippen MR) is 87.4 cm³/mol. The number of benzene rings is 1. The molecule has 0 radical (unpaired) electrons. The smallest absolute Gasteiger partial charge is 0.190 e. The molecule has 1 aromatic carbocycles. The molecule has 0 spiro atoms. The summed E-state index contributed by atoms with van der Waals surface area (Å²) in [5.74, 6) is -0.244. The third-order valence-electron chi connectivity index (χ3n) is 3.13. The molecule has 22 heavy (non-hydrogen) atoms. The maximum Gasteiger partial charge on any atom is 0.190 e. The largest absolute Gasteiger partial charge is 0.313 e. The van der Waals surface area contributed by atoms with E-state index in [1.807, 2.05) is 28.1 Å². The molecule has 110 valence electrons. The van der Waals surface area contributed by atoms with E-state index in [0.29, 0.717) is 12.1 Å². The van der Waals surface area contributed by atoms with Crippen molar-refractivity contribution < 1.29 is 4.39 Å². The molecule has 0 aliphatic heterocycles. The first-order chi connectivity index (χ1) is 10.8. The van der Waals surface area contributed by atoms with Crippen molar-refractivity contribution in [1.29, 1.82) is 0 Å². The summed E-state index contributed by atoms with van der Waals surface area (Å²) in [5.41, 5.74) is 2.13. The van der Waals surface area contributed by atoms with Gasteiger partial charge in [-0.15, -0.1) is 17.9 Å². The predicted octanol–water partition coefficient (Wildman–Crippen LogP) is 4.17. The maximum absolute atomic E-state index is 14.1. The zero-order valence-corrected chi connectivity index (χ0v) is 12.6. The normalized spacial score (nSPS) is 11.6. The van der Waals surface area contributed by atoms with E-state index < -0.39 is 0 Å². The van der Waals surface area contributed by atoms with Gasteiger partial charge in [0, 0.05) is 23.7 Å². The van der Waals surface area contributed by atoms with Crippen LogP contribution >= 0.6 is 11.3 Å². The van der Waals surface area contributed by atoms with Crippen molar-refractivity contribution in [2.45, 2.75) is 6.54 Å². The van der Waals surface area contributed by atoms with E-state index in [-0.39, 0.29) is 5.82 Å².